The molecule has 0 spiro atoms. The third kappa shape index (κ3) is 5.23. The van der Waals surface area contributed by atoms with E-state index in [0.717, 1.165) is 18.4 Å². The van der Waals surface area contributed by atoms with Crippen molar-refractivity contribution in [1.82, 2.24) is 9.21 Å². The van der Waals surface area contributed by atoms with Crippen LogP contribution >= 0.6 is 0 Å². The molecule has 0 N–H and O–H groups in total. The Morgan fingerprint density at radius 3 is 2.36 bits per heavy atom. The van der Waals surface area contributed by atoms with Gasteiger partial charge in [-0.3, -0.25) is 4.79 Å². The molecule has 0 bridgehead atoms. The SMILES string of the molecule is COc1ccc(S(=O)(=O)N2CCOCC2)cc1C(=O)N(Cc1ccc(C(C)C)cc1)C1CC1. The molecule has 178 valence electrons. The molecule has 0 aromatic heterocycles. The smallest absolute Gasteiger partial charge is 0.258 e. The zero-order valence-electron chi connectivity index (χ0n) is 19.5. The summed E-state index contributed by atoms with van der Waals surface area (Å²) in [6.07, 6.45) is 1.90. The molecule has 2 aromatic rings. The maximum absolute atomic E-state index is 13.7. The standard InChI is InChI=1S/C25H32N2O5S/c1-18(2)20-6-4-19(5-7-20)17-27(21-8-9-21)25(28)23-16-22(10-11-24(23)31-3)33(29,30)26-12-14-32-15-13-26/h4-7,10-11,16,18,21H,8-9,12-15,17H2,1-3H3. The second-order valence-corrected chi connectivity index (χ2v) is 10.9. The van der Waals surface area contributed by atoms with Crippen LogP contribution in [0.25, 0.3) is 0 Å². The molecule has 2 aliphatic rings. The first-order valence-electron chi connectivity index (χ1n) is 11.5. The highest BCUT2D eigenvalue weighted by molar-refractivity contribution is 7.89. The highest BCUT2D eigenvalue weighted by Crippen LogP contribution is 2.33. The van der Waals surface area contributed by atoms with Crippen LogP contribution in [0.3, 0.4) is 0 Å². The Bertz CT molecular complexity index is 1090. The Morgan fingerprint density at radius 2 is 1.79 bits per heavy atom. The molecule has 2 aromatic carbocycles. The van der Waals surface area contributed by atoms with Crippen molar-refractivity contribution in [3.05, 3.63) is 59.2 Å². The molecule has 1 aliphatic carbocycles. The van der Waals surface area contributed by atoms with E-state index in [1.54, 1.807) is 6.07 Å². The largest absolute Gasteiger partial charge is 0.496 e. The lowest BCUT2D eigenvalue weighted by molar-refractivity contribution is 0.0723. The molecular weight excluding hydrogens is 440 g/mol. The molecule has 0 radical (unpaired) electrons. The number of hydrogen-bond acceptors (Lipinski definition) is 5. The van der Waals surface area contributed by atoms with E-state index in [-0.39, 0.29) is 22.4 Å². The number of sulfonamides is 1. The highest BCUT2D eigenvalue weighted by Gasteiger charge is 2.35. The Hall–Kier alpha value is -2.42. The number of morpholine rings is 1. The van der Waals surface area contributed by atoms with Gasteiger partial charge in [0.2, 0.25) is 10.0 Å². The van der Waals surface area contributed by atoms with Crippen molar-refractivity contribution in [2.45, 2.75) is 50.1 Å². The van der Waals surface area contributed by atoms with E-state index in [4.69, 9.17) is 9.47 Å². The Morgan fingerprint density at radius 1 is 1.12 bits per heavy atom. The van der Waals surface area contributed by atoms with Crippen molar-refractivity contribution in [3.8, 4) is 5.75 Å². The maximum Gasteiger partial charge on any atom is 0.258 e. The number of carbonyl (C=O) groups excluding carboxylic acids is 1. The summed E-state index contributed by atoms with van der Waals surface area (Å²) in [6, 6.07) is 13.0. The highest BCUT2D eigenvalue weighted by atomic mass is 32.2. The summed E-state index contributed by atoms with van der Waals surface area (Å²) < 4.78 is 38.5. The van der Waals surface area contributed by atoms with Crippen LogP contribution in [0.4, 0.5) is 0 Å². The minimum absolute atomic E-state index is 0.102. The normalized spacial score (nSPS) is 17.2. The Labute approximate surface area is 196 Å². The van der Waals surface area contributed by atoms with E-state index in [1.165, 1.54) is 29.1 Å². The quantitative estimate of drug-likeness (QED) is 0.586. The summed E-state index contributed by atoms with van der Waals surface area (Å²) in [6.45, 7) is 6.12. The Kier molecular flexibility index (Phi) is 7.07. The third-order valence-electron chi connectivity index (χ3n) is 6.26. The molecule has 1 saturated heterocycles. The summed E-state index contributed by atoms with van der Waals surface area (Å²) >= 11 is 0. The van der Waals surface area contributed by atoms with Gasteiger partial charge in [-0.15, -0.1) is 0 Å². The molecule has 0 unspecified atom stereocenters. The summed E-state index contributed by atoms with van der Waals surface area (Å²) in [5.41, 5.74) is 2.58. The fourth-order valence-electron chi connectivity index (χ4n) is 4.06. The van der Waals surface area contributed by atoms with Crippen LogP contribution < -0.4 is 4.74 Å². The predicted molar refractivity (Wildman–Crippen MR) is 126 cm³/mol. The van der Waals surface area contributed by atoms with Crippen LogP contribution in [0, 0.1) is 0 Å². The van der Waals surface area contributed by atoms with Gasteiger partial charge in [0.25, 0.3) is 5.91 Å². The molecule has 7 nitrogen and oxygen atoms in total. The number of ether oxygens (including phenoxy) is 2. The molecule has 1 saturated carbocycles. The van der Waals surface area contributed by atoms with Crippen molar-refractivity contribution >= 4 is 15.9 Å². The number of rotatable bonds is 8. The minimum atomic E-state index is -3.72. The molecule has 2 fully saturated rings. The molecule has 4 rings (SSSR count). The van der Waals surface area contributed by atoms with Gasteiger partial charge in [0.05, 0.1) is 30.8 Å². The van der Waals surface area contributed by atoms with Crippen LogP contribution in [0.15, 0.2) is 47.4 Å². The van der Waals surface area contributed by atoms with Gasteiger partial charge in [0.15, 0.2) is 0 Å². The van der Waals surface area contributed by atoms with Crippen LogP contribution in [0.5, 0.6) is 5.75 Å². The summed E-state index contributed by atoms with van der Waals surface area (Å²) in [4.78, 5) is 15.6. The van der Waals surface area contributed by atoms with Crippen molar-refractivity contribution < 1.29 is 22.7 Å². The van der Waals surface area contributed by atoms with Gasteiger partial charge in [-0.1, -0.05) is 38.1 Å². The fraction of sp³-hybridized carbons (Fsp3) is 0.480. The molecule has 33 heavy (non-hydrogen) atoms. The molecular formula is C25H32N2O5S. The van der Waals surface area contributed by atoms with Gasteiger partial charge in [-0.2, -0.15) is 4.31 Å². The fourth-order valence-corrected chi connectivity index (χ4v) is 5.50. The number of carbonyl (C=O) groups is 1. The first kappa shape index (κ1) is 23.7. The molecule has 1 amide bonds. The second kappa shape index (κ2) is 9.83. The van der Waals surface area contributed by atoms with E-state index in [2.05, 4.69) is 38.1 Å². The Balaban J connectivity index is 1.62. The lowest BCUT2D eigenvalue weighted by Gasteiger charge is -2.27. The third-order valence-corrected chi connectivity index (χ3v) is 8.15. The monoisotopic (exact) mass is 472 g/mol. The average Bonchev–Trinajstić information content (AvgIpc) is 3.68. The van der Waals surface area contributed by atoms with Crippen molar-refractivity contribution in [3.63, 3.8) is 0 Å². The number of amides is 1. The zero-order valence-corrected chi connectivity index (χ0v) is 20.3. The van der Waals surface area contributed by atoms with Gasteiger partial charge < -0.3 is 14.4 Å². The molecule has 1 aliphatic heterocycles. The number of methoxy groups -OCH3 is 1. The van der Waals surface area contributed by atoms with Gasteiger partial charge >= 0.3 is 0 Å². The maximum atomic E-state index is 13.7. The lowest BCUT2D eigenvalue weighted by atomic mass is 10.0. The van der Waals surface area contributed by atoms with Crippen molar-refractivity contribution in [1.29, 1.82) is 0 Å². The number of nitrogens with zero attached hydrogens (tertiary/aromatic N) is 2. The van der Waals surface area contributed by atoms with Crippen molar-refractivity contribution in [2.75, 3.05) is 33.4 Å². The topological polar surface area (TPSA) is 76.1 Å². The lowest BCUT2D eigenvalue weighted by Crippen LogP contribution is -2.40. The van der Waals surface area contributed by atoms with Gasteiger partial charge in [-0.25, -0.2) is 8.42 Å². The minimum Gasteiger partial charge on any atom is -0.496 e. The number of hydrogen-bond donors (Lipinski definition) is 0. The van der Waals surface area contributed by atoms with Gasteiger partial charge in [0, 0.05) is 25.7 Å². The van der Waals surface area contributed by atoms with Crippen LogP contribution in [-0.2, 0) is 21.3 Å². The van der Waals surface area contributed by atoms with Gasteiger partial charge in [0.1, 0.15) is 5.75 Å². The number of benzene rings is 2. The first-order valence-corrected chi connectivity index (χ1v) is 12.9. The van der Waals surface area contributed by atoms with Crippen LogP contribution in [-0.4, -0.2) is 63.0 Å². The average molecular weight is 473 g/mol. The molecule has 1 heterocycles. The van der Waals surface area contributed by atoms with Crippen molar-refractivity contribution in [2.24, 2.45) is 0 Å². The molecule has 0 atom stereocenters. The summed E-state index contributed by atoms with van der Waals surface area (Å²) in [7, 11) is -2.22. The van der Waals surface area contributed by atoms with Gasteiger partial charge in [-0.05, 0) is 48.1 Å². The van der Waals surface area contributed by atoms with E-state index in [9.17, 15) is 13.2 Å². The van der Waals surface area contributed by atoms with E-state index in [0.29, 0.717) is 44.5 Å². The summed E-state index contributed by atoms with van der Waals surface area (Å²) in [5, 5.41) is 0. The summed E-state index contributed by atoms with van der Waals surface area (Å²) in [5.74, 6) is 0.615. The molecule has 8 heteroatoms. The van der Waals surface area contributed by atoms with Crippen LogP contribution in [0.2, 0.25) is 0 Å². The second-order valence-electron chi connectivity index (χ2n) is 8.94. The van der Waals surface area contributed by atoms with E-state index in [1.807, 2.05) is 4.90 Å². The zero-order chi connectivity index (χ0) is 23.6. The first-order chi connectivity index (χ1) is 15.8. The van der Waals surface area contributed by atoms with Crippen LogP contribution in [0.1, 0.15) is 54.1 Å². The van der Waals surface area contributed by atoms with E-state index >= 15 is 0 Å². The van der Waals surface area contributed by atoms with E-state index < -0.39 is 10.0 Å². The predicted octanol–water partition coefficient (Wildman–Crippen LogP) is 3.64.